The Bertz CT molecular complexity index is 1370. The van der Waals surface area contributed by atoms with Gasteiger partial charge in [-0.15, -0.1) is 0 Å². The standard InChI is InChI=1S/C26H19ClN2O3/c27-23-11-4-2-7-19(23)16-28-24-13-12-17-6-1-3-10-21(17)26(24)22(15-25(28)30)18-8-5-9-20(14-18)29(31)32/h1-14,22H,15-16H2. The van der Waals surface area contributed by atoms with Gasteiger partial charge in [-0.25, -0.2) is 0 Å². The summed E-state index contributed by atoms with van der Waals surface area (Å²) in [6, 6.07) is 26.1. The van der Waals surface area contributed by atoms with E-state index in [9.17, 15) is 14.9 Å². The van der Waals surface area contributed by atoms with E-state index in [2.05, 4.69) is 0 Å². The number of rotatable bonds is 4. The fraction of sp³-hybridized carbons (Fsp3) is 0.115. The average molecular weight is 443 g/mol. The van der Waals surface area contributed by atoms with E-state index in [4.69, 9.17) is 11.6 Å². The maximum absolute atomic E-state index is 13.4. The van der Waals surface area contributed by atoms with Crippen molar-refractivity contribution in [1.82, 2.24) is 0 Å². The normalized spacial score (nSPS) is 15.6. The van der Waals surface area contributed by atoms with Crippen molar-refractivity contribution >= 4 is 39.7 Å². The molecule has 1 aliphatic rings. The molecular formula is C26H19ClN2O3. The van der Waals surface area contributed by atoms with Crippen molar-refractivity contribution < 1.29 is 9.72 Å². The molecule has 1 heterocycles. The number of non-ortho nitro benzene ring substituents is 1. The number of fused-ring (bicyclic) bond motifs is 3. The van der Waals surface area contributed by atoms with E-state index >= 15 is 0 Å². The molecule has 0 bridgehead atoms. The molecule has 158 valence electrons. The van der Waals surface area contributed by atoms with Crippen LogP contribution in [0.1, 0.15) is 29.0 Å². The molecule has 0 saturated heterocycles. The number of carbonyl (C=O) groups excluding carboxylic acids is 1. The first-order chi connectivity index (χ1) is 15.5. The van der Waals surface area contributed by atoms with E-state index < -0.39 is 4.92 Å². The number of nitro groups is 1. The van der Waals surface area contributed by atoms with Crippen molar-refractivity contribution in [3.8, 4) is 0 Å². The number of amides is 1. The summed E-state index contributed by atoms with van der Waals surface area (Å²) in [5.41, 5.74) is 3.49. The quantitative estimate of drug-likeness (QED) is 0.269. The van der Waals surface area contributed by atoms with E-state index in [0.717, 1.165) is 33.2 Å². The summed E-state index contributed by atoms with van der Waals surface area (Å²) >= 11 is 6.38. The maximum atomic E-state index is 13.4. The molecule has 1 unspecified atom stereocenters. The van der Waals surface area contributed by atoms with Crippen LogP contribution < -0.4 is 4.90 Å². The summed E-state index contributed by atoms with van der Waals surface area (Å²) < 4.78 is 0. The highest BCUT2D eigenvalue weighted by Gasteiger charge is 2.34. The lowest BCUT2D eigenvalue weighted by atomic mass is 9.81. The van der Waals surface area contributed by atoms with E-state index in [1.54, 1.807) is 17.0 Å². The van der Waals surface area contributed by atoms with Crippen molar-refractivity contribution in [3.05, 3.63) is 117 Å². The van der Waals surface area contributed by atoms with Gasteiger partial charge >= 0.3 is 0 Å². The first kappa shape index (κ1) is 20.2. The number of benzene rings is 4. The smallest absolute Gasteiger partial charge is 0.269 e. The zero-order valence-electron chi connectivity index (χ0n) is 17.1. The zero-order valence-corrected chi connectivity index (χ0v) is 17.8. The number of nitrogens with zero attached hydrogens (tertiary/aromatic N) is 2. The Labute approximate surface area is 190 Å². The van der Waals surface area contributed by atoms with Crippen molar-refractivity contribution in [2.45, 2.75) is 18.9 Å². The molecule has 5 rings (SSSR count). The van der Waals surface area contributed by atoms with Gasteiger partial charge in [0.05, 0.1) is 11.5 Å². The van der Waals surface area contributed by atoms with Crippen LogP contribution in [-0.2, 0) is 11.3 Å². The van der Waals surface area contributed by atoms with Crippen LogP contribution >= 0.6 is 11.6 Å². The van der Waals surface area contributed by atoms with Gasteiger partial charge in [0.2, 0.25) is 5.91 Å². The minimum Gasteiger partial charge on any atom is -0.308 e. The lowest BCUT2D eigenvalue weighted by molar-refractivity contribution is -0.384. The number of carbonyl (C=O) groups is 1. The molecule has 4 aromatic rings. The fourth-order valence-electron chi connectivity index (χ4n) is 4.52. The van der Waals surface area contributed by atoms with Gasteiger partial charge in [0, 0.05) is 35.2 Å². The van der Waals surface area contributed by atoms with Gasteiger partial charge in [-0.1, -0.05) is 72.3 Å². The number of anilines is 1. The number of nitro benzene ring substituents is 1. The van der Waals surface area contributed by atoms with Gasteiger partial charge in [-0.3, -0.25) is 14.9 Å². The second-order valence-electron chi connectivity index (χ2n) is 7.90. The van der Waals surface area contributed by atoms with Crippen molar-refractivity contribution in [1.29, 1.82) is 0 Å². The predicted molar refractivity (Wildman–Crippen MR) is 126 cm³/mol. The highest BCUT2D eigenvalue weighted by atomic mass is 35.5. The van der Waals surface area contributed by atoms with E-state index in [0.29, 0.717) is 11.6 Å². The van der Waals surface area contributed by atoms with Gasteiger partial charge in [-0.05, 0) is 39.6 Å². The highest BCUT2D eigenvalue weighted by Crippen LogP contribution is 2.45. The summed E-state index contributed by atoms with van der Waals surface area (Å²) in [5, 5.41) is 14.1. The Hall–Kier alpha value is -3.70. The molecule has 0 spiro atoms. The Morgan fingerprint density at radius 2 is 1.75 bits per heavy atom. The SMILES string of the molecule is O=C1CC(c2cccc([N+](=O)[O-])c2)c2c(ccc3ccccc23)N1Cc1ccccc1Cl. The van der Waals surface area contributed by atoms with Gasteiger partial charge in [0.15, 0.2) is 0 Å². The van der Waals surface area contributed by atoms with Crippen LogP contribution in [0.15, 0.2) is 84.9 Å². The summed E-state index contributed by atoms with van der Waals surface area (Å²) in [7, 11) is 0. The first-order valence-corrected chi connectivity index (χ1v) is 10.7. The van der Waals surface area contributed by atoms with Crippen molar-refractivity contribution in [2.24, 2.45) is 0 Å². The molecule has 0 N–H and O–H groups in total. The van der Waals surface area contributed by atoms with E-state index in [1.807, 2.05) is 66.7 Å². The topological polar surface area (TPSA) is 63.4 Å². The van der Waals surface area contributed by atoms with Crippen LogP contribution in [0.4, 0.5) is 11.4 Å². The van der Waals surface area contributed by atoms with E-state index in [1.165, 1.54) is 6.07 Å². The second kappa shape index (κ2) is 8.09. The van der Waals surface area contributed by atoms with Crippen LogP contribution in [0.3, 0.4) is 0 Å². The van der Waals surface area contributed by atoms with Gasteiger partial charge < -0.3 is 4.90 Å². The van der Waals surface area contributed by atoms with Gasteiger partial charge in [-0.2, -0.15) is 0 Å². The minimum absolute atomic E-state index is 0.0234. The Balaban J connectivity index is 1.69. The van der Waals surface area contributed by atoms with Crippen molar-refractivity contribution in [3.63, 3.8) is 0 Å². The molecule has 0 aromatic heterocycles. The van der Waals surface area contributed by atoms with Gasteiger partial charge in [0.1, 0.15) is 0 Å². The molecule has 1 aliphatic heterocycles. The number of hydrogen-bond acceptors (Lipinski definition) is 3. The molecule has 1 amide bonds. The molecule has 5 nitrogen and oxygen atoms in total. The largest absolute Gasteiger partial charge is 0.308 e. The van der Waals surface area contributed by atoms with E-state index in [-0.39, 0.29) is 23.9 Å². The van der Waals surface area contributed by atoms with Crippen LogP contribution in [0.5, 0.6) is 0 Å². The highest BCUT2D eigenvalue weighted by molar-refractivity contribution is 6.31. The average Bonchev–Trinajstić information content (AvgIpc) is 2.81. The molecule has 32 heavy (non-hydrogen) atoms. The molecule has 0 saturated carbocycles. The second-order valence-corrected chi connectivity index (χ2v) is 8.31. The third kappa shape index (κ3) is 3.51. The Morgan fingerprint density at radius 1 is 0.969 bits per heavy atom. The Kier molecular flexibility index (Phi) is 5.11. The third-order valence-electron chi connectivity index (χ3n) is 6.04. The molecule has 6 heteroatoms. The third-order valence-corrected chi connectivity index (χ3v) is 6.41. The lowest BCUT2D eigenvalue weighted by Gasteiger charge is -2.35. The van der Waals surface area contributed by atoms with Crippen LogP contribution in [0.25, 0.3) is 10.8 Å². The van der Waals surface area contributed by atoms with Crippen LogP contribution in [0.2, 0.25) is 5.02 Å². The molecule has 0 radical (unpaired) electrons. The first-order valence-electron chi connectivity index (χ1n) is 10.3. The van der Waals surface area contributed by atoms with Crippen molar-refractivity contribution in [2.75, 3.05) is 4.90 Å². The number of halogens is 1. The summed E-state index contributed by atoms with van der Waals surface area (Å²) in [4.78, 5) is 26.1. The summed E-state index contributed by atoms with van der Waals surface area (Å²) in [6.07, 6.45) is 0.229. The summed E-state index contributed by atoms with van der Waals surface area (Å²) in [5.74, 6) is -0.310. The monoisotopic (exact) mass is 442 g/mol. The fourth-order valence-corrected chi connectivity index (χ4v) is 4.71. The summed E-state index contributed by atoms with van der Waals surface area (Å²) in [6.45, 7) is 0.367. The Morgan fingerprint density at radius 3 is 2.56 bits per heavy atom. The predicted octanol–water partition coefficient (Wildman–Crippen LogP) is 6.47. The number of hydrogen-bond donors (Lipinski definition) is 0. The molecule has 4 aromatic carbocycles. The molecule has 0 aliphatic carbocycles. The molecule has 0 fully saturated rings. The zero-order chi connectivity index (χ0) is 22.2. The van der Waals surface area contributed by atoms with Crippen LogP contribution in [0, 0.1) is 10.1 Å². The maximum Gasteiger partial charge on any atom is 0.269 e. The lowest BCUT2D eigenvalue weighted by Crippen LogP contribution is -2.36. The molecular weight excluding hydrogens is 424 g/mol. The molecule has 1 atom stereocenters. The van der Waals surface area contributed by atoms with Crippen LogP contribution in [-0.4, -0.2) is 10.8 Å². The van der Waals surface area contributed by atoms with Gasteiger partial charge in [0.25, 0.3) is 5.69 Å². The minimum atomic E-state index is -0.401.